The maximum atomic E-state index is 12.4. The average Bonchev–Trinajstić information content (AvgIpc) is 2.77. The topological polar surface area (TPSA) is 53.4 Å². The van der Waals surface area contributed by atoms with Gasteiger partial charge in [0.25, 0.3) is 5.91 Å². The molecule has 0 radical (unpaired) electrons. The standard InChI is InChI=1S/C15H18N2O3/c1-5-20-13-7-6-12(9-14(13)19-4)15(18)17-11(3)8-10(2)16-17/h6-9H,5H2,1-4H3. The summed E-state index contributed by atoms with van der Waals surface area (Å²) in [6.07, 6.45) is 0. The van der Waals surface area contributed by atoms with E-state index in [1.807, 2.05) is 26.8 Å². The van der Waals surface area contributed by atoms with Crippen molar-refractivity contribution in [3.8, 4) is 11.5 Å². The maximum absolute atomic E-state index is 12.4. The highest BCUT2D eigenvalue weighted by Crippen LogP contribution is 2.28. The molecule has 5 nitrogen and oxygen atoms in total. The van der Waals surface area contributed by atoms with Crippen LogP contribution in [0.15, 0.2) is 24.3 Å². The molecule has 0 aliphatic heterocycles. The number of methoxy groups -OCH3 is 1. The van der Waals surface area contributed by atoms with E-state index in [0.717, 1.165) is 11.4 Å². The van der Waals surface area contributed by atoms with Gasteiger partial charge in [-0.15, -0.1) is 0 Å². The molecule has 2 rings (SSSR count). The van der Waals surface area contributed by atoms with E-state index >= 15 is 0 Å². The highest BCUT2D eigenvalue weighted by Gasteiger charge is 2.15. The van der Waals surface area contributed by atoms with Crippen molar-refractivity contribution in [3.63, 3.8) is 0 Å². The largest absolute Gasteiger partial charge is 0.493 e. The number of carbonyl (C=O) groups excluding carboxylic acids is 1. The van der Waals surface area contributed by atoms with Gasteiger partial charge in [-0.2, -0.15) is 5.10 Å². The minimum atomic E-state index is -0.183. The van der Waals surface area contributed by atoms with E-state index in [1.54, 1.807) is 25.3 Å². The summed E-state index contributed by atoms with van der Waals surface area (Å²) in [7, 11) is 1.55. The van der Waals surface area contributed by atoms with Gasteiger partial charge in [0.05, 0.1) is 19.4 Å². The quantitative estimate of drug-likeness (QED) is 0.860. The predicted octanol–water partition coefficient (Wildman–Crippen LogP) is 2.60. The van der Waals surface area contributed by atoms with Gasteiger partial charge in [-0.1, -0.05) is 0 Å². The molecular formula is C15H18N2O3. The van der Waals surface area contributed by atoms with Gasteiger partial charge in [0.1, 0.15) is 0 Å². The Morgan fingerprint density at radius 1 is 1.25 bits per heavy atom. The monoisotopic (exact) mass is 274 g/mol. The molecule has 2 aromatic rings. The Morgan fingerprint density at radius 2 is 2.00 bits per heavy atom. The number of ether oxygens (including phenoxy) is 2. The normalized spacial score (nSPS) is 10.4. The Hall–Kier alpha value is -2.30. The number of aryl methyl sites for hydroxylation is 2. The first-order valence-corrected chi connectivity index (χ1v) is 6.45. The predicted molar refractivity (Wildman–Crippen MR) is 75.6 cm³/mol. The van der Waals surface area contributed by atoms with E-state index in [-0.39, 0.29) is 5.91 Å². The lowest BCUT2D eigenvalue weighted by Crippen LogP contribution is -2.15. The molecule has 1 heterocycles. The Morgan fingerprint density at radius 3 is 2.55 bits per heavy atom. The molecule has 0 aliphatic rings. The molecule has 1 aromatic carbocycles. The third kappa shape index (κ3) is 2.66. The SMILES string of the molecule is CCOc1ccc(C(=O)n2nc(C)cc2C)cc1OC. The maximum Gasteiger partial charge on any atom is 0.278 e. The van der Waals surface area contributed by atoms with Gasteiger partial charge in [0, 0.05) is 11.3 Å². The van der Waals surface area contributed by atoms with Gasteiger partial charge < -0.3 is 9.47 Å². The van der Waals surface area contributed by atoms with E-state index in [0.29, 0.717) is 23.7 Å². The molecular weight excluding hydrogens is 256 g/mol. The number of carbonyl (C=O) groups is 1. The summed E-state index contributed by atoms with van der Waals surface area (Å²) >= 11 is 0. The smallest absolute Gasteiger partial charge is 0.278 e. The van der Waals surface area contributed by atoms with Crippen molar-refractivity contribution in [3.05, 3.63) is 41.2 Å². The van der Waals surface area contributed by atoms with Crippen molar-refractivity contribution in [1.82, 2.24) is 9.78 Å². The molecule has 0 aliphatic carbocycles. The van der Waals surface area contributed by atoms with Crippen LogP contribution in [-0.2, 0) is 0 Å². The fourth-order valence-corrected chi connectivity index (χ4v) is 2.03. The van der Waals surface area contributed by atoms with Crippen molar-refractivity contribution >= 4 is 5.91 Å². The minimum Gasteiger partial charge on any atom is -0.493 e. The minimum absolute atomic E-state index is 0.183. The van der Waals surface area contributed by atoms with Crippen LogP contribution in [0.25, 0.3) is 0 Å². The summed E-state index contributed by atoms with van der Waals surface area (Å²) < 4.78 is 12.1. The van der Waals surface area contributed by atoms with E-state index in [1.165, 1.54) is 4.68 Å². The van der Waals surface area contributed by atoms with Gasteiger partial charge in [-0.25, -0.2) is 4.68 Å². The van der Waals surface area contributed by atoms with Gasteiger partial charge >= 0.3 is 0 Å². The molecule has 0 atom stereocenters. The van der Waals surface area contributed by atoms with Crippen LogP contribution in [0.2, 0.25) is 0 Å². The summed E-state index contributed by atoms with van der Waals surface area (Å²) in [6, 6.07) is 6.99. The number of hydrogen-bond donors (Lipinski definition) is 0. The van der Waals surface area contributed by atoms with Crippen LogP contribution in [0.4, 0.5) is 0 Å². The molecule has 0 fully saturated rings. The van der Waals surface area contributed by atoms with Crippen molar-refractivity contribution in [2.75, 3.05) is 13.7 Å². The Balaban J connectivity index is 2.38. The molecule has 0 spiro atoms. The van der Waals surface area contributed by atoms with Gasteiger partial charge in [-0.05, 0) is 45.0 Å². The molecule has 0 unspecified atom stereocenters. The summed E-state index contributed by atoms with van der Waals surface area (Å²) in [5.41, 5.74) is 2.13. The van der Waals surface area contributed by atoms with E-state index in [4.69, 9.17) is 9.47 Å². The Bertz CT molecular complexity index is 632. The van der Waals surface area contributed by atoms with E-state index in [9.17, 15) is 4.79 Å². The molecule has 106 valence electrons. The van der Waals surface area contributed by atoms with E-state index in [2.05, 4.69) is 5.10 Å². The third-order valence-corrected chi connectivity index (χ3v) is 2.91. The molecule has 1 aromatic heterocycles. The van der Waals surface area contributed by atoms with Crippen LogP contribution >= 0.6 is 0 Å². The lowest BCUT2D eigenvalue weighted by atomic mass is 10.2. The zero-order valence-corrected chi connectivity index (χ0v) is 12.1. The summed E-state index contributed by atoms with van der Waals surface area (Å²) in [4.78, 5) is 12.4. The fraction of sp³-hybridized carbons (Fsp3) is 0.333. The van der Waals surface area contributed by atoms with Gasteiger partial charge in [0.2, 0.25) is 0 Å². The lowest BCUT2D eigenvalue weighted by molar-refractivity contribution is 0.0942. The number of rotatable bonds is 4. The zero-order chi connectivity index (χ0) is 14.7. The van der Waals surface area contributed by atoms with Crippen LogP contribution in [0.3, 0.4) is 0 Å². The van der Waals surface area contributed by atoms with E-state index < -0.39 is 0 Å². The van der Waals surface area contributed by atoms with Crippen LogP contribution in [0.5, 0.6) is 11.5 Å². The van der Waals surface area contributed by atoms with Gasteiger partial charge in [0.15, 0.2) is 11.5 Å². The van der Waals surface area contributed by atoms with Crippen LogP contribution < -0.4 is 9.47 Å². The number of hydrogen-bond acceptors (Lipinski definition) is 4. The third-order valence-electron chi connectivity index (χ3n) is 2.91. The summed E-state index contributed by atoms with van der Waals surface area (Å²) in [5, 5.41) is 4.20. The van der Waals surface area contributed by atoms with Gasteiger partial charge in [-0.3, -0.25) is 4.79 Å². The lowest BCUT2D eigenvalue weighted by Gasteiger charge is -2.10. The Kier molecular flexibility index (Phi) is 4.08. The van der Waals surface area contributed by atoms with Crippen LogP contribution in [-0.4, -0.2) is 29.4 Å². The molecule has 0 saturated carbocycles. The highest BCUT2D eigenvalue weighted by atomic mass is 16.5. The van der Waals surface area contributed by atoms with Crippen molar-refractivity contribution in [1.29, 1.82) is 0 Å². The second-order valence-electron chi connectivity index (χ2n) is 4.44. The highest BCUT2D eigenvalue weighted by molar-refractivity contribution is 5.96. The summed E-state index contributed by atoms with van der Waals surface area (Å²) in [5.74, 6) is 0.982. The summed E-state index contributed by atoms with van der Waals surface area (Å²) in [6.45, 7) is 6.15. The van der Waals surface area contributed by atoms with Crippen molar-refractivity contribution < 1.29 is 14.3 Å². The molecule has 5 heteroatoms. The zero-order valence-electron chi connectivity index (χ0n) is 12.1. The first-order valence-electron chi connectivity index (χ1n) is 6.45. The van der Waals surface area contributed by atoms with Crippen molar-refractivity contribution in [2.24, 2.45) is 0 Å². The van der Waals surface area contributed by atoms with Crippen LogP contribution in [0, 0.1) is 13.8 Å². The molecule has 0 saturated heterocycles. The number of aromatic nitrogens is 2. The second-order valence-corrected chi connectivity index (χ2v) is 4.44. The first kappa shape index (κ1) is 14.1. The fourth-order valence-electron chi connectivity index (χ4n) is 2.03. The number of benzene rings is 1. The number of nitrogens with zero attached hydrogens (tertiary/aromatic N) is 2. The second kappa shape index (κ2) is 5.77. The molecule has 0 bridgehead atoms. The average molecular weight is 274 g/mol. The van der Waals surface area contributed by atoms with Crippen LogP contribution in [0.1, 0.15) is 28.7 Å². The molecule has 20 heavy (non-hydrogen) atoms. The first-order chi connectivity index (χ1) is 9.56. The Labute approximate surface area is 118 Å². The molecule has 0 N–H and O–H groups in total. The van der Waals surface area contributed by atoms with Crippen molar-refractivity contribution in [2.45, 2.75) is 20.8 Å². The molecule has 0 amide bonds.